The van der Waals surface area contributed by atoms with Crippen molar-refractivity contribution in [2.24, 2.45) is 0 Å². The van der Waals surface area contributed by atoms with E-state index in [4.69, 9.17) is 0 Å². The van der Waals surface area contributed by atoms with Crippen molar-refractivity contribution in [2.75, 3.05) is 33.7 Å². The van der Waals surface area contributed by atoms with Crippen LogP contribution in [0.3, 0.4) is 0 Å². The Hall–Kier alpha value is -0.120. The highest BCUT2D eigenvalue weighted by Gasteiger charge is 2.27. The molecule has 1 N–H and O–H groups in total. The minimum atomic E-state index is 0.724. The quantitative estimate of drug-likeness (QED) is 0.760. The molecule has 0 aromatic carbocycles. The highest BCUT2D eigenvalue weighted by Crippen LogP contribution is 2.20. The molecule has 94 valence electrons. The van der Waals surface area contributed by atoms with Gasteiger partial charge in [0.2, 0.25) is 0 Å². The lowest BCUT2D eigenvalue weighted by Gasteiger charge is -2.42. The standard InChI is InChI=1S/C13H27N3/c1-11-4-5-13(10-14-11)16(3)12-6-8-15(2)9-7-12/h11-14H,4-10H2,1-3H3. The molecule has 2 atom stereocenters. The van der Waals surface area contributed by atoms with E-state index >= 15 is 0 Å². The summed E-state index contributed by atoms with van der Waals surface area (Å²) in [6.07, 6.45) is 5.40. The molecule has 2 unspecified atom stereocenters. The lowest BCUT2D eigenvalue weighted by molar-refractivity contribution is 0.0889. The van der Waals surface area contributed by atoms with Gasteiger partial charge in [-0.2, -0.15) is 0 Å². The Morgan fingerprint density at radius 1 is 1.06 bits per heavy atom. The number of hydrogen-bond donors (Lipinski definition) is 1. The molecule has 2 saturated heterocycles. The highest BCUT2D eigenvalue weighted by molar-refractivity contribution is 4.86. The first-order valence-electron chi connectivity index (χ1n) is 6.80. The minimum absolute atomic E-state index is 0.724. The SMILES string of the molecule is CC1CCC(N(C)C2CCN(C)CC2)CN1. The van der Waals surface area contributed by atoms with Gasteiger partial charge < -0.3 is 10.2 Å². The van der Waals surface area contributed by atoms with Crippen LogP contribution in [-0.4, -0.2) is 61.7 Å². The normalized spacial score (nSPS) is 34.5. The van der Waals surface area contributed by atoms with Crippen LogP contribution in [0.5, 0.6) is 0 Å². The summed E-state index contributed by atoms with van der Waals surface area (Å²) in [6.45, 7) is 6.02. The number of likely N-dealkylation sites (tertiary alicyclic amines) is 1. The fourth-order valence-electron chi connectivity index (χ4n) is 3.03. The van der Waals surface area contributed by atoms with Crippen LogP contribution >= 0.6 is 0 Å². The number of hydrogen-bond acceptors (Lipinski definition) is 3. The van der Waals surface area contributed by atoms with Gasteiger partial charge in [0, 0.05) is 24.7 Å². The Kier molecular flexibility index (Phi) is 4.22. The summed E-state index contributed by atoms with van der Waals surface area (Å²) in [5.74, 6) is 0. The molecule has 0 spiro atoms. The van der Waals surface area contributed by atoms with Gasteiger partial charge in [-0.25, -0.2) is 0 Å². The summed E-state index contributed by atoms with van der Waals surface area (Å²) in [4.78, 5) is 5.09. The smallest absolute Gasteiger partial charge is 0.0221 e. The van der Waals surface area contributed by atoms with Crippen LogP contribution in [0.2, 0.25) is 0 Å². The second-order valence-corrected chi connectivity index (χ2v) is 5.74. The van der Waals surface area contributed by atoms with Crippen molar-refractivity contribution < 1.29 is 0 Å². The molecule has 0 aliphatic carbocycles. The Bertz CT molecular complexity index is 181. The number of nitrogens with zero attached hydrogens (tertiary/aromatic N) is 2. The molecule has 0 saturated carbocycles. The third kappa shape index (κ3) is 2.96. The van der Waals surface area contributed by atoms with Crippen LogP contribution in [0.4, 0.5) is 0 Å². The molecule has 0 radical (unpaired) electrons. The molecular weight excluding hydrogens is 198 g/mol. The van der Waals surface area contributed by atoms with E-state index < -0.39 is 0 Å². The topological polar surface area (TPSA) is 18.5 Å². The first-order chi connectivity index (χ1) is 7.66. The van der Waals surface area contributed by atoms with E-state index in [-0.39, 0.29) is 0 Å². The molecule has 3 nitrogen and oxygen atoms in total. The molecule has 0 aromatic heterocycles. The van der Waals surface area contributed by atoms with E-state index in [1.54, 1.807) is 0 Å². The summed E-state index contributed by atoms with van der Waals surface area (Å²) >= 11 is 0. The first-order valence-corrected chi connectivity index (χ1v) is 6.80. The van der Waals surface area contributed by atoms with Crippen LogP contribution in [0.15, 0.2) is 0 Å². The second kappa shape index (κ2) is 5.48. The maximum atomic E-state index is 3.61. The molecule has 0 bridgehead atoms. The van der Waals surface area contributed by atoms with Crippen LogP contribution in [-0.2, 0) is 0 Å². The Morgan fingerprint density at radius 2 is 1.75 bits per heavy atom. The summed E-state index contributed by atoms with van der Waals surface area (Å²) in [5.41, 5.74) is 0. The van der Waals surface area contributed by atoms with Gasteiger partial charge in [-0.3, -0.25) is 4.90 Å². The van der Waals surface area contributed by atoms with Gasteiger partial charge in [-0.1, -0.05) is 0 Å². The van der Waals surface area contributed by atoms with Gasteiger partial charge in [0.05, 0.1) is 0 Å². The summed E-state index contributed by atoms with van der Waals surface area (Å²) in [6, 6.07) is 2.31. The number of nitrogens with one attached hydrogen (secondary N) is 1. The van der Waals surface area contributed by atoms with Crippen molar-refractivity contribution in [3.63, 3.8) is 0 Å². The number of rotatable bonds is 2. The van der Waals surface area contributed by atoms with E-state index in [1.165, 1.54) is 45.3 Å². The lowest BCUT2D eigenvalue weighted by Crippen LogP contribution is -2.52. The molecule has 0 amide bonds. The predicted molar refractivity (Wildman–Crippen MR) is 68.8 cm³/mol. The number of piperidine rings is 2. The predicted octanol–water partition coefficient (Wildman–Crippen LogP) is 1.15. The minimum Gasteiger partial charge on any atom is -0.313 e. The zero-order chi connectivity index (χ0) is 11.5. The highest BCUT2D eigenvalue weighted by atomic mass is 15.2. The van der Waals surface area contributed by atoms with Gasteiger partial charge in [-0.05, 0) is 59.8 Å². The van der Waals surface area contributed by atoms with Crippen molar-refractivity contribution >= 4 is 0 Å². The summed E-state index contributed by atoms with van der Waals surface area (Å²) < 4.78 is 0. The summed E-state index contributed by atoms with van der Waals surface area (Å²) in [5, 5.41) is 3.61. The lowest BCUT2D eigenvalue weighted by atomic mass is 9.96. The Labute approximate surface area is 100 Å². The van der Waals surface area contributed by atoms with Crippen LogP contribution < -0.4 is 5.32 Å². The fraction of sp³-hybridized carbons (Fsp3) is 1.00. The molecule has 3 heteroatoms. The first kappa shape index (κ1) is 12.3. The van der Waals surface area contributed by atoms with Crippen LogP contribution in [0.1, 0.15) is 32.6 Å². The fourth-order valence-corrected chi connectivity index (χ4v) is 3.03. The van der Waals surface area contributed by atoms with Gasteiger partial charge >= 0.3 is 0 Å². The molecule has 2 aliphatic heterocycles. The third-order valence-corrected chi connectivity index (χ3v) is 4.47. The van der Waals surface area contributed by atoms with E-state index in [9.17, 15) is 0 Å². The van der Waals surface area contributed by atoms with Gasteiger partial charge in [-0.15, -0.1) is 0 Å². The molecule has 2 rings (SSSR count). The van der Waals surface area contributed by atoms with Gasteiger partial charge in [0.1, 0.15) is 0 Å². The van der Waals surface area contributed by atoms with Crippen LogP contribution in [0.25, 0.3) is 0 Å². The van der Waals surface area contributed by atoms with Crippen molar-refractivity contribution in [3.8, 4) is 0 Å². The summed E-state index contributed by atoms with van der Waals surface area (Å²) in [7, 11) is 4.57. The Balaban J connectivity index is 1.80. The van der Waals surface area contributed by atoms with E-state index in [2.05, 4.69) is 36.1 Å². The average Bonchev–Trinajstić information content (AvgIpc) is 2.30. The van der Waals surface area contributed by atoms with Gasteiger partial charge in [0.15, 0.2) is 0 Å². The molecule has 16 heavy (non-hydrogen) atoms. The third-order valence-electron chi connectivity index (χ3n) is 4.47. The molecule has 2 aliphatic rings. The molecular formula is C13H27N3. The van der Waals surface area contributed by atoms with Gasteiger partial charge in [0.25, 0.3) is 0 Å². The van der Waals surface area contributed by atoms with Crippen molar-refractivity contribution in [1.82, 2.24) is 15.1 Å². The average molecular weight is 225 g/mol. The Morgan fingerprint density at radius 3 is 2.31 bits per heavy atom. The molecule has 2 heterocycles. The largest absolute Gasteiger partial charge is 0.313 e. The van der Waals surface area contributed by atoms with E-state index in [1.807, 2.05) is 0 Å². The van der Waals surface area contributed by atoms with E-state index in [0.29, 0.717) is 0 Å². The maximum absolute atomic E-state index is 3.61. The molecule has 2 fully saturated rings. The monoisotopic (exact) mass is 225 g/mol. The van der Waals surface area contributed by atoms with Crippen molar-refractivity contribution in [3.05, 3.63) is 0 Å². The number of likely N-dealkylation sites (N-methyl/N-ethyl adjacent to an activating group) is 1. The van der Waals surface area contributed by atoms with E-state index in [0.717, 1.165) is 18.1 Å². The van der Waals surface area contributed by atoms with Crippen LogP contribution in [0, 0.1) is 0 Å². The molecule has 0 aromatic rings. The maximum Gasteiger partial charge on any atom is 0.0221 e. The van der Waals surface area contributed by atoms with Crippen molar-refractivity contribution in [2.45, 2.75) is 50.7 Å². The zero-order valence-corrected chi connectivity index (χ0v) is 11.1. The van der Waals surface area contributed by atoms with Crippen molar-refractivity contribution in [1.29, 1.82) is 0 Å². The zero-order valence-electron chi connectivity index (χ0n) is 11.1. The second-order valence-electron chi connectivity index (χ2n) is 5.74.